The topological polar surface area (TPSA) is 55.3 Å². The van der Waals surface area contributed by atoms with Crippen LogP contribution in [0.15, 0.2) is 29.9 Å². The van der Waals surface area contributed by atoms with Gasteiger partial charge in [0.25, 0.3) is 0 Å². The molecule has 0 saturated carbocycles. The van der Waals surface area contributed by atoms with E-state index in [4.69, 9.17) is 5.84 Å². The highest BCUT2D eigenvalue weighted by atomic mass is 32.1. The van der Waals surface area contributed by atoms with Gasteiger partial charge in [-0.05, 0) is 6.07 Å². The Hall–Kier alpha value is -1.90. The number of aromatic nitrogens is 2. The van der Waals surface area contributed by atoms with Gasteiger partial charge in [-0.25, -0.2) is 18.2 Å². The smallest absolute Gasteiger partial charge is 0.194 e. The Morgan fingerprint density at radius 1 is 1.29 bits per heavy atom. The predicted molar refractivity (Wildman–Crippen MR) is 73.2 cm³/mol. The molecule has 2 aromatic heterocycles. The maximum atomic E-state index is 13.8. The molecule has 2 heterocycles. The zero-order chi connectivity index (χ0) is 15.0. The van der Waals surface area contributed by atoms with E-state index in [1.807, 2.05) is 16.0 Å². The normalized spacial score (nSPS) is 13.0. The first kappa shape index (κ1) is 14.1. The van der Waals surface area contributed by atoms with Crippen LogP contribution in [0.4, 0.5) is 13.2 Å². The van der Waals surface area contributed by atoms with Crippen LogP contribution in [0, 0.1) is 17.5 Å². The van der Waals surface area contributed by atoms with E-state index in [1.54, 1.807) is 6.20 Å². The summed E-state index contributed by atoms with van der Waals surface area (Å²) in [5.41, 5.74) is 3.06. The predicted octanol–water partition coefficient (Wildman–Crippen LogP) is 2.56. The SMILES string of the molecule is NNC(Cc1cn2ccsc2n1)c1ccc(F)c(F)c1F. The number of benzene rings is 1. The molecule has 0 saturated heterocycles. The first-order valence-electron chi connectivity index (χ1n) is 6.10. The summed E-state index contributed by atoms with van der Waals surface area (Å²) >= 11 is 1.46. The third kappa shape index (κ3) is 2.53. The Morgan fingerprint density at radius 2 is 2.10 bits per heavy atom. The van der Waals surface area contributed by atoms with Crippen LogP contribution in [-0.4, -0.2) is 9.38 Å². The Bertz CT molecular complexity index is 754. The summed E-state index contributed by atoms with van der Waals surface area (Å²) in [4.78, 5) is 5.15. The van der Waals surface area contributed by atoms with Crippen molar-refractivity contribution < 1.29 is 13.2 Å². The minimum absolute atomic E-state index is 0.0345. The van der Waals surface area contributed by atoms with Crippen molar-refractivity contribution in [2.75, 3.05) is 0 Å². The molecule has 1 aromatic carbocycles. The lowest BCUT2D eigenvalue weighted by atomic mass is 10.0. The zero-order valence-electron chi connectivity index (χ0n) is 10.7. The molecule has 110 valence electrons. The molecule has 0 aliphatic rings. The maximum Gasteiger partial charge on any atom is 0.194 e. The highest BCUT2D eigenvalue weighted by molar-refractivity contribution is 7.15. The van der Waals surface area contributed by atoms with E-state index < -0.39 is 23.5 Å². The molecule has 0 fully saturated rings. The summed E-state index contributed by atoms with van der Waals surface area (Å²) in [6.07, 6.45) is 3.89. The second-order valence-corrected chi connectivity index (χ2v) is 5.39. The third-order valence-corrected chi connectivity index (χ3v) is 3.97. The van der Waals surface area contributed by atoms with Gasteiger partial charge in [-0.3, -0.25) is 15.7 Å². The molecular formula is C13H11F3N4S. The number of halogens is 3. The monoisotopic (exact) mass is 312 g/mol. The van der Waals surface area contributed by atoms with Gasteiger partial charge >= 0.3 is 0 Å². The van der Waals surface area contributed by atoms with Crippen LogP contribution in [0.3, 0.4) is 0 Å². The van der Waals surface area contributed by atoms with Crippen molar-refractivity contribution in [3.8, 4) is 0 Å². The van der Waals surface area contributed by atoms with Crippen molar-refractivity contribution in [3.63, 3.8) is 0 Å². The highest BCUT2D eigenvalue weighted by Crippen LogP contribution is 2.24. The quantitative estimate of drug-likeness (QED) is 0.442. The fourth-order valence-electron chi connectivity index (χ4n) is 2.15. The second-order valence-electron chi connectivity index (χ2n) is 4.51. The lowest BCUT2D eigenvalue weighted by Crippen LogP contribution is -2.30. The lowest BCUT2D eigenvalue weighted by Gasteiger charge is -2.16. The van der Waals surface area contributed by atoms with Crippen LogP contribution in [0.5, 0.6) is 0 Å². The summed E-state index contributed by atoms with van der Waals surface area (Å²) in [6, 6.07) is 1.35. The molecule has 3 rings (SSSR count). The molecule has 3 N–H and O–H groups in total. The molecule has 0 amide bonds. The van der Waals surface area contributed by atoms with Gasteiger partial charge in [0.1, 0.15) is 0 Å². The summed E-state index contributed by atoms with van der Waals surface area (Å²) in [5, 5.41) is 1.89. The Morgan fingerprint density at radius 3 is 2.81 bits per heavy atom. The van der Waals surface area contributed by atoms with E-state index in [1.165, 1.54) is 17.4 Å². The number of nitrogens with zero attached hydrogens (tertiary/aromatic N) is 2. The summed E-state index contributed by atoms with van der Waals surface area (Å²) < 4.78 is 41.9. The lowest BCUT2D eigenvalue weighted by molar-refractivity contribution is 0.424. The minimum atomic E-state index is -1.50. The van der Waals surface area contributed by atoms with Crippen LogP contribution >= 0.6 is 11.3 Å². The number of hydrogen-bond acceptors (Lipinski definition) is 4. The van der Waals surface area contributed by atoms with E-state index in [-0.39, 0.29) is 12.0 Å². The number of thiazole rings is 1. The number of hydrazine groups is 1. The molecule has 3 aromatic rings. The summed E-state index contributed by atoms with van der Waals surface area (Å²) in [5.74, 6) is 1.45. The Balaban J connectivity index is 1.91. The highest BCUT2D eigenvalue weighted by Gasteiger charge is 2.21. The van der Waals surface area contributed by atoms with E-state index in [0.717, 1.165) is 11.0 Å². The molecule has 0 aliphatic heterocycles. The first-order chi connectivity index (χ1) is 10.1. The fourth-order valence-corrected chi connectivity index (χ4v) is 2.87. The second kappa shape index (κ2) is 5.47. The molecule has 21 heavy (non-hydrogen) atoms. The van der Waals surface area contributed by atoms with E-state index in [0.29, 0.717) is 5.69 Å². The Kier molecular flexibility index (Phi) is 3.66. The molecule has 1 atom stereocenters. The zero-order valence-corrected chi connectivity index (χ0v) is 11.5. The number of nitrogens with two attached hydrogens (primary N) is 1. The molecule has 0 spiro atoms. The molecule has 0 aliphatic carbocycles. The number of hydrogen-bond donors (Lipinski definition) is 2. The number of imidazole rings is 1. The van der Waals surface area contributed by atoms with Gasteiger partial charge in [-0.2, -0.15) is 0 Å². The molecule has 1 unspecified atom stereocenters. The minimum Gasteiger partial charge on any atom is -0.297 e. The molecule has 0 radical (unpaired) electrons. The van der Waals surface area contributed by atoms with Crippen molar-refractivity contribution in [2.45, 2.75) is 12.5 Å². The van der Waals surface area contributed by atoms with Gasteiger partial charge in [0.05, 0.1) is 11.7 Å². The van der Waals surface area contributed by atoms with Crippen molar-refractivity contribution in [3.05, 3.63) is 58.6 Å². The van der Waals surface area contributed by atoms with E-state index in [9.17, 15) is 13.2 Å². The first-order valence-corrected chi connectivity index (χ1v) is 6.98. The molecular weight excluding hydrogens is 301 g/mol. The van der Waals surface area contributed by atoms with E-state index in [2.05, 4.69) is 10.4 Å². The van der Waals surface area contributed by atoms with Gasteiger partial charge in [0.15, 0.2) is 22.4 Å². The summed E-state index contributed by atoms with van der Waals surface area (Å²) in [6.45, 7) is 0. The number of nitrogens with one attached hydrogen (secondary N) is 1. The molecule has 0 bridgehead atoms. The molecule has 4 nitrogen and oxygen atoms in total. The van der Waals surface area contributed by atoms with Crippen molar-refractivity contribution in [1.82, 2.24) is 14.8 Å². The van der Waals surface area contributed by atoms with Gasteiger partial charge in [-0.15, -0.1) is 11.3 Å². The van der Waals surface area contributed by atoms with Crippen LogP contribution < -0.4 is 11.3 Å². The Labute approximate surface area is 122 Å². The van der Waals surface area contributed by atoms with Crippen LogP contribution in [0.2, 0.25) is 0 Å². The van der Waals surface area contributed by atoms with Gasteiger partial charge in [0, 0.05) is 29.8 Å². The molecule has 8 heteroatoms. The summed E-state index contributed by atoms with van der Waals surface area (Å²) in [7, 11) is 0. The average molecular weight is 312 g/mol. The standard InChI is InChI=1S/C13H11F3N4S/c14-9-2-1-8(11(15)12(9)16)10(19-17)5-7-6-20-3-4-21-13(20)18-7/h1-4,6,10,19H,5,17H2. The van der Waals surface area contributed by atoms with E-state index >= 15 is 0 Å². The van der Waals surface area contributed by atoms with Crippen molar-refractivity contribution in [2.24, 2.45) is 5.84 Å². The number of rotatable bonds is 4. The van der Waals surface area contributed by atoms with Crippen LogP contribution in [0.25, 0.3) is 4.96 Å². The van der Waals surface area contributed by atoms with Gasteiger partial charge < -0.3 is 0 Å². The third-order valence-electron chi connectivity index (χ3n) is 3.20. The number of fused-ring (bicyclic) bond motifs is 1. The van der Waals surface area contributed by atoms with Gasteiger partial charge in [-0.1, -0.05) is 6.07 Å². The maximum absolute atomic E-state index is 13.8. The average Bonchev–Trinajstić information content (AvgIpc) is 3.04. The van der Waals surface area contributed by atoms with Crippen molar-refractivity contribution in [1.29, 1.82) is 0 Å². The largest absolute Gasteiger partial charge is 0.297 e. The van der Waals surface area contributed by atoms with Crippen LogP contribution in [-0.2, 0) is 6.42 Å². The van der Waals surface area contributed by atoms with Gasteiger partial charge in [0.2, 0.25) is 0 Å². The van der Waals surface area contributed by atoms with Crippen LogP contribution in [0.1, 0.15) is 17.3 Å². The fraction of sp³-hybridized carbons (Fsp3) is 0.154. The van der Waals surface area contributed by atoms with Crippen molar-refractivity contribution >= 4 is 16.3 Å².